The summed E-state index contributed by atoms with van der Waals surface area (Å²) in [4.78, 5) is 72.5. The second-order valence-corrected chi connectivity index (χ2v) is 15.2. The number of amides is 1. The van der Waals surface area contributed by atoms with E-state index in [9.17, 15) is 19.2 Å². The standard InChI is InChI=1S/C41H43FN6O7/c1-6-31(49)46-16-17-47(23(5)19-46)37-27-18-22(4)34-32-28(42)8-7-9-29(32)53-20-30(54-39(50)24-10-11-24)36(55-40(51)25-12-13-25)26-14-15-43-33(21(2)3)35(26)48(38(27)44-34)41(52)45-37/h6-9,14-15,18,21,23-25,30,36H,1,10-13,16-17,19-20H2,2-5H3/t23-,30?,36?/m0/s1. The third-order valence-electron chi connectivity index (χ3n) is 10.8. The fourth-order valence-corrected chi connectivity index (χ4v) is 7.54. The molecule has 2 saturated carbocycles. The van der Waals surface area contributed by atoms with E-state index in [1.807, 2.05) is 31.7 Å². The highest BCUT2D eigenvalue weighted by atomic mass is 19.1. The van der Waals surface area contributed by atoms with Gasteiger partial charge in [-0.15, -0.1) is 0 Å². The van der Waals surface area contributed by atoms with Crippen LogP contribution in [0.2, 0.25) is 0 Å². The number of carbonyl (C=O) groups is 3. The Morgan fingerprint density at radius 3 is 2.44 bits per heavy atom. The zero-order valence-corrected chi connectivity index (χ0v) is 31.3. The number of nitrogens with zero attached hydrogens (tertiary/aromatic N) is 6. The molecule has 286 valence electrons. The van der Waals surface area contributed by atoms with Gasteiger partial charge in [0.25, 0.3) is 0 Å². The molecule has 14 heteroatoms. The summed E-state index contributed by atoms with van der Waals surface area (Å²) in [7, 11) is 0. The number of fused-ring (bicyclic) bond motifs is 5. The van der Waals surface area contributed by atoms with Crippen molar-refractivity contribution in [2.45, 2.75) is 77.5 Å². The maximum atomic E-state index is 16.1. The predicted molar refractivity (Wildman–Crippen MR) is 200 cm³/mol. The Labute approximate surface area is 317 Å². The van der Waals surface area contributed by atoms with Gasteiger partial charge in [0.15, 0.2) is 17.9 Å². The number of ether oxygens (including phenoxy) is 3. The third-order valence-corrected chi connectivity index (χ3v) is 10.8. The lowest BCUT2D eigenvalue weighted by Gasteiger charge is -2.40. The van der Waals surface area contributed by atoms with E-state index in [1.165, 1.54) is 22.8 Å². The molecule has 0 spiro atoms. The van der Waals surface area contributed by atoms with Gasteiger partial charge >= 0.3 is 17.6 Å². The molecule has 13 nitrogen and oxygen atoms in total. The minimum Gasteiger partial charge on any atom is -0.489 e. The van der Waals surface area contributed by atoms with Gasteiger partial charge in [0.1, 0.15) is 24.0 Å². The van der Waals surface area contributed by atoms with Gasteiger partial charge in [0.2, 0.25) is 5.91 Å². The third kappa shape index (κ3) is 6.71. The number of benzene rings is 1. The fraction of sp³-hybridized carbons (Fsp3) is 0.439. The van der Waals surface area contributed by atoms with Crippen LogP contribution in [0.15, 0.2) is 54.0 Å². The molecule has 2 unspecified atom stereocenters. The van der Waals surface area contributed by atoms with Crippen molar-refractivity contribution < 1.29 is 33.0 Å². The van der Waals surface area contributed by atoms with Gasteiger partial charge < -0.3 is 24.0 Å². The van der Waals surface area contributed by atoms with E-state index >= 15 is 4.39 Å². The van der Waals surface area contributed by atoms with Gasteiger partial charge in [-0.25, -0.2) is 18.7 Å². The number of carbonyl (C=O) groups excluding carboxylic acids is 3. The van der Waals surface area contributed by atoms with Crippen LogP contribution < -0.4 is 15.3 Å². The highest BCUT2D eigenvalue weighted by molar-refractivity contribution is 5.92. The Balaban J connectivity index is 1.43. The highest BCUT2D eigenvalue weighted by Crippen LogP contribution is 2.42. The molecule has 1 aromatic carbocycles. The summed E-state index contributed by atoms with van der Waals surface area (Å²) in [5.41, 5.74) is 1.46. The molecule has 0 N–H and O–H groups in total. The van der Waals surface area contributed by atoms with E-state index in [0.29, 0.717) is 73.3 Å². The molecule has 1 amide bonds. The molecular weight excluding hydrogens is 707 g/mol. The fourth-order valence-electron chi connectivity index (χ4n) is 7.54. The number of aryl methyl sites for hydroxylation is 1. The summed E-state index contributed by atoms with van der Waals surface area (Å²) in [6, 6.07) is 7.67. The second-order valence-electron chi connectivity index (χ2n) is 15.2. The van der Waals surface area contributed by atoms with E-state index in [4.69, 9.17) is 29.2 Å². The van der Waals surface area contributed by atoms with E-state index < -0.39 is 35.7 Å². The van der Waals surface area contributed by atoms with Crippen LogP contribution in [0.5, 0.6) is 5.75 Å². The number of esters is 2. The van der Waals surface area contributed by atoms with Crippen LogP contribution >= 0.6 is 0 Å². The molecule has 3 fully saturated rings. The van der Waals surface area contributed by atoms with Crippen LogP contribution in [0.1, 0.15) is 75.3 Å². The first kappa shape index (κ1) is 36.3. The van der Waals surface area contributed by atoms with Crippen LogP contribution in [0.3, 0.4) is 0 Å². The minimum absolute atomic E-state index is 0.0547. The average molecular weight is 751 g/mol. The molecule has 8 rings (SSSR count). The quantitative estimate of drug-likeness (QED) is 0.178. The Morgan fingerprint density at radius 1 is 1.04 bits per heavy atom. The molecule has 55 heavy (non-hydrogen) atoms. The monoisotopic (exact) mass is 750 g/mol. The van der Waals surface area contributed by atoms with Crippen molar-refractivity contribution in [3.63, 3.8) is 0 Å². The van der Waals surface area contributed by atoms with Crippen LogP contribution in [-0.4, -0.2) is 80.7 Å². The Morgan fingerprint density at radius 2 is 1.76 bits per heavy atom. The maximum absolute atomic E-state index is 16.1. The van der Waals surface area contributed by atoms with Gasteiger partial charge in [-0.2, -0.15) is 4.98 Å². The van der Waals surface area contributed by atoms with Crippen molar-refractivity contribution in [2.24, 2.45) is 11.8 Å². The topological polar surface area (TPSA) is 146 Å². The van der Waals surface area contributed by atoms with Gasteiger partial charge in [-0.3, -0.25) is 19.4 Å². The average Bonchev–Trinajstić information content (AvgIpc) is 4.09. The number of piperazine rings is 1. The first-order valence-corrected chi connectivity index (χ1v) is 18.9. The highest BCUT2D eigenvalue weighted by Gasteiger charge is 2.42. The lowest BCUT2D eigenvalue weighted by atomic mass is 9.97. The summed E-state index contributed by atoms with van der Waals surface area (Å²) < 4.78 is 36.3. The summed E-state index contributed by atoms with van der Waals surface area (Å²) in [5, 5.41) is 0.500. The number of rotatable bonds is 7. The first-order valence-electron chi connectivity index (χ1n) is 18.9. The molecule has 1 saturated heterocycles. The number of hydrogen-bond acceptors (Lipinski definition) is 11. The second kappa shape index (κ2) is 14.2. The molecule has 3 aromatic heterocycles. The summed E-state index contributed by atoms with van der Waals surface area (Å²) >= 11 is 0. The van der Waals surface area contributed by atoms with Crippen molar-refractivity contribution in [2.75, 3.05) is 31.1 Å². The van der Waals surface area contributed by atoms with Gasteiger partial charge in [0.05, 0.1) is 39.9 Å². The van der Waals surface area contributed by atoms with Gasteiger partial charge in [-0.1, -0.05) is 26.5 Å². The molecule has 2 aliphatic heterocycles. The van der Waals surface area contributed by atoms with E-state index in [0.717, 1.165) is 0 Å². The van der Waals surface area contributed by atoms with E-state index in [2.05, 4.69) is 6.58 Å². The lowest BCUT2D eigenvalue weighted by molar-refractivity contribution is -0.173. The number of halogens is 1. The first-order chi connectivity index (χ1) is 26.4. The van der Waals surface area contributed by atoms with Crippen LogP contribution in [0.25, 0.3) is 28.0 Å². The SMILES string of the molecule is C=CC(=O)N1CCN(c2nc(=O)n3c4nc(c(C)cc24)-c2c(F)cccc2OCC(OC(=O)C2CC2)C(OC(=O)C2CC2)c2ccnc(C(C)C)c2-3)[C@@H](C)C1. The predicted octanol–water partition coefficient (Wildman–Crippen LogP) is 5.35. The largest absolute Gasteiger partial charge is 0.489 e. The number of aromatic nitrogens is 4. The van der Waals surface area contributed by atoms with Crippen molar-refractivity contribution in [3.05, 3.63) is 82.3 Å². The number of pyridine rings is 2. The molecule has 2 bridgehead atoms. The van der Waals surface area contributed by atoms with Crippen molar-refractivity contribution in [1.29, 1.82) is 0 Å². The minimum atomic E-state index is -1.25. The Hall–Kier alpha value is -5.66. The number of anilines is 1. The summed E-state index contributed by atoms with van der Waals surface area (Å²) in [6.45, 7) is 12.1. The van der Waals surface area contributed by atoms with Crippen molar-refractivity contribution >= 4 is 34.7 Å². The molecular formula is C41H43FN6O7. The summed E-state index contributed by atoms with van der Waals surface area (Å²) in [6.07, 6.45) is 3.11. The summed E-state index contributed by atoms with van der Waals surface area (Å²) in [5.74, 6) is -2.09. The van der Waals surface area contributed by atoms with Crippen LogP contribution in [0.4, 0.5) is 10.2 Å². The molecule has 4 aromatic rings. The normalized spacial score (nSPS) is 20.9. The molecule has 4 aliphatic rings. The zero-order chi connectivity index (χ0) is 38.7. The van der Waals surface area contributed by atoms with Crippen LogP contribution in [0, 0.1) is 24.6 Å². The van der Waals surface area contributed by atoms with Gasteiger partial charge in [0, 0.05) is 37.4 Å². The molecule has 0 radical (unpaired) electrons. The molecule has 5 heterocycles. The van der Waals surface area contributed by atoms with Crippen LogP contribution in [-0.2, 0) is 23.9 Å². The smallest absolute Gasteiger partial charge is 0.355 e. The number of hydrogen-bond donors (Lipinski definition) is 0. The van der Waals surface area contributed by atoms with E-state index in [-0.39, 0.29) is 64.7 Å². The molecule has 2 aliphatic carbocycles. The maximum Gasteiger partial charge on any atom is 0.355 e. The van der Waals surface area contributed by atoms with Gasteiger partial charge in [-0.05, 0) is 81.4 Å². The zero-order valence-electron chi connectivity index (χ0n) is 31.3. The molecule has 3 atom stereocenters. The van der Waals surface area contributed by atoms with Crippen molar-refractivity contribution in [3.8, 4) is 22.7 Å². The lowest BCUT2D eigenvalue weighted by Crippen LogP contribution is -2.54. The van der Waals surface area contributed by atoms with Crippen molar-refractivity contribution in [1.82, 2.24) is 24.4 Å². The van der Waals surface area contributed by atoms with E-state index in [1.54, 1.807) is 30.2 Å². The Kier molecular flexibility index (Phi) is 9.38. The Bertz CT molecular complexity index is 2300.